The molecule has 0 spiro atoms. The lowest BCUT2D eigenvalue weighted by Gasteiger charge is -2.26. The third-order valence-electron chi connectivity index (χ3n) is 6.05. The van der Waals surface area contributed by atoms with E-state index in [0.29, 0.717) is 29.7 Å². The Bertz CT molecular complexity index is 865. The average molecular weight is 429 g/mol. The van der Waals surface area contributed by atoms with Gasteiger partial charge in [-0.3, -0.25) is 9.69 Å². The second kappa shape index (κ2) is 9.71. The second-order valence-electron chi connectivity index (χ2n) is 7.97. The van der Waals surface area contributed by atoms with Crippen molar-refractivity contribution in [2.45, 2.75) is 31.6 Å². The van der Waals surface area contributed by atoms with Gasteiger partial charge < -0.3 is 14.4 Å². The molecule has 0 aromatic heterocycles. The zero-order chi connectivity index (χ0) is 20.9. The normalized spacial score (nSPS) is 19.9. The molecule has 160 valence electrons. The summed E-state index contributed by atoms with van der Waals surface area (Å²) in [6.45, 7) is 4.51. The van der Waals surface area contributed by atoms with Crippen molar-refractivity contribution >= 4 is 23.2 Å². The molecule has 2 aromatic rings. The molecule has 30 heavy (non-hydrogen) atoms. The van der Waals surface area contributed by atoms with Crippen LogP contribution in [0, 0.1) is 0 Å². The van der Waals surface area contributed by atoms with E-state index in [2.05, 4.69) is 4.90 Å². The number of hydrogen-bond acceptors (Lipinski definition) is 4. The van der Waals surface area contributed by atoms with Crippen LogP contribution in [0.3, 0.4) is 0 Å². The number of likely N-dealkylation sites (tertiary alicyclic amines) is 1. The molecule has 5 nitrogen and oxygen atoms in total. The minimum atomic E-state index is -0.132. The van der Waals surface area contributed by atoms with Gasteiger partial charge in [0.25, 0.3) is 0 Å². The van der Waals surface area contributed by atoms with Crippen molar-refractivity contribution in [3.63, 3.8) is 0 Å². The molecule has 4 rings (SSSR count). The van der Waals surface area contributed by atoms with Gasteiger partial charge in [0, 0.05) is 29.9 Å². The van der Waals surface area contributed by atoms with Crippen LogP contribution in [-0.2, 0) is 4.79 Å². The first-order chi connectivity index (χ1) is 14.7. The molecule has 0 N–H and O–H groups in total. The van der Waals surface area contributed by atoms with Crippen LogP contribution in [-0.4, -0.2) is 50.7 Å². The monoisotopic (exact) mass is 428 g/mol. The molecule has 0 saturated carbocycles. The fourth-order valence-corrected chi connectivity index (χ4v) is 4.48. The molecular formula is C24H29ClN2O3. The van der Waals surface area contributed by atoms with Crippen molar-refractivity contribution in [1.82, 2.24) is 4.90 Å². The van der Waals surface area contributed by atoms with Gasteiger partial charge in [0.1, 0.15) is 6.61 Å². The summed E-state index contributed by atoms with van der Waals surface area (Å²) in [7, 11) is 1.64. The van der Waals surface area contributed by atoms with E-state index in [-0.39, 0.29) is 11.8 Å². The molecule has 1 atom stereocenters. The number of ether oxygens (including phenoxy) is 2. The number of anilines is 1. The predicted molar refractivity (Wildman–Crippen MR) is 120 cm³/mol. The quantitative estimate of drug-likeness (QED) is 0.639. The lowest BCUT2D eigenvalue weighted by molar-refractivity contribution is -0.118. The first kappa shape index (κ1) is 21.0. The van der Waals surface area contributed by atoms with E-state index < -0.39 is 0 Å². The number of piperidine rings is 1. The topological polar surface area (TPSA) is 42.0 Å². The van der Waals surface area contributed by atoms with Gasteiger partial charge in [0.15, 0.2) is 11.5 Å². The zero-order valence-corrected chi connectivity index (χ0v) is 18.2. The summed E-state index contributed by atoms with van der Waals surface area (Å²) in [6, 6.07) is 13.3. The number of methoxy groups -OCH3 is 1. The fourth-order valence-electron chi connectivity index (χ4n) is 4.35. The van der Waals surface area contributed by atoms with E-state index in [1.165, 1.54) is 19.3 Å². The average Bonchev–Trinajstić information content (AvgIpc) is 3.16. The van der Waals surface area contributed by atoms with Crippen LogP contribution in [0.2, 0.25) is 5.02 Å². The van der Waals surface area contributed by atoms with Gasteiger partial charge in [-0.25, -0.2) is 0 Å². The van der Waals surface area contributed by atoms with Crippen molar-refractivity contribution < 1.29 is 14.3 Å². The van der Waals surface area contributed by atoms with E-state index in [4.69, 9.17) is 21.1 Å². The Kier molecular flexibility index (Phi) is 6.80. The van der Waals surface area contributed by atoms with Crippen molar-refractivity contribution in [3.05, 3.63) is 53.1 Å². The summed E-state index contributed by atoms with van der Waals surface area (Å²) >= 11 is 5.99. The van der Waals surface area contributed by atoms with Crippen LogP contribution in [0.1, 0.15) is 37.2 Å². The summed E-state index contributed by atoms with van der Waals surface area (Å²) in [6.07, 6.45) is 4.65. The van der Waals surface area contributed by atoms with Crippen LogP contribution in [0.5, 0.6) is 11.5 Å². The summed E-state index contributed by atoms with van der Waals surface area (Å²) in [5.74, 6) is 1.36. The van der Waals surface area contributed by atoms with Crippen molar-refractivity contribution in [2.24, 2.45) is 0 Å². The van der Waals surface area contributed by atoms with Gasteiger partial charge >= 0.3 is 0 Å². The van der Waals surface area contributed by atoms with E-state index in [1.54, 1.807) is 7.11 Å². The number of benzene rings is 2. The molecule has 1 unspecified atom stereocenters. The van der Waals surface area contributed by atoms with Crippen LogP contribution in [0.4, 0.5) is 5.69 Å². The van der Waals surface area contributed by atoms with Gasteiger partial charge in [-0.2, -0.15) is 0 Å². The Hall–Kier alpha value is -2.24. The van der Waals surface area contributed by atoms with Crippen LogP contribution < -0.4 is 14.4 Å². The fraction of sp³-hybridized carbons (Fsp3) is 0.458. The Balaban J connectivity index is 1.44. The van der Waals surface area contributed by atoms with Crippen LogP contribution >= 0.6 is 11.6 Å². The molecule has 2 aromatic carbocycles. The van der Waals surface area contributed by atoms with Gasteiger partial charge in [0.2, 0.25) is 5.91 Å². The maximum Gasteiger partial charge on any atom is 0.234 e. The molecule has 6 heteroatoms. The second-order valence-corrected chi connectivity index (χ2v) is 8.41. The number of halogens is 1. The smallest absolute Gasteiger partial charge is 0.234 e. The Labute approximate surface area is 183 Å². The number of nitrogens with zero attached hydrogens (tertiary/aromatic N) is 2. The highest BCUT2D eigenvalue weighted by Crippen LogP contribution is 2.37. The van der Waals surface area contributed by atoms with Gasteiger partial charge in [0.05, 0.1) is 13.0 Å². The Morgan fingerprint density at radius 1 is 1.00 bits per heavy atom. The SMILES string of the molecule is COc1ccc(N2CCC(c3ccc(Cl)cc3)C2=O)cc1OCCN1CCCCC1. The first-order valence-corrected chi connectivity index (χ1v) is 11.1. The van der Waals surface area contributed by atoms with Gasteiger partial charge in [-0.05, 0) is 62.2 Å². The van der Waals surface area contributed by atoms with E-state index in [1.807, 2.05) is 47.4 Å². The largest absolute Gasteiger partial charge is 0.493 e. The van der Waals surface area contributed by atoms with E-state index in [0.717, 1.165) is 37.3 Å². The highest BCUT2D eigenvalue weighted by molar-refractivity contribution is 6.30. The molecule has 0 bridgehead atoms. The van der Waals surface area contributed by atoms with E-state index >= 15 is 0 Å². The molecule has 2 saturated heterocycles. The Morgan fingerprint density at radius 3 is 2.50 bits per heavy atom. The van der Waals surface area contributed by atoms with Gasteiger partial charge in [-0.15, -0.1) is 0 Å². The molecule has 2 fully saturated rings. The minimum absolute atomic E-state index is 0.113. The third-order valence-corrected chi connectivity index (χ3v) is 6.30. The summed E-state index contributed by atoms with van der Waals surface area (Å²) in [4.78, 5) is 17.4. The maximum absolute atomic E-state index is 13.1. The summed E-state index contributed by atoms with van der Waals surface area (Å²) in [5, 5.41) is 0.683. The predicted octanol–water partition coefficient (Wildman–Crippen LogP) is 4.73. The molecule has 2 aliphatic rings. The number of hydrogen-bond donors (Lipinski definition) is 0. The van der Waals surface area contributed by atoms with Crippen LogP contribution in [0.25, 0.3) is 0 Å². The van der Waals surface area contributed by atoms with Crippen molar-refractivity contribution in [2.75, 3.05) is 44.8 Å². The molecular weight excluding hydrogens is 400 g/mol. The molecule has 2 heterocycles. The highest BCUT2D eigenvalue weighted by atomic mass is 35.5. The Morgan fingerprint density at radius 2 is 1.77 bits per heavy atom. The summed E-state index contributed by atoms with van der Waals surface area (Å²) < 4.78 is 11.6. The minimum Gasteiger partial charge on any atom is -0.493 e. The lowest BCUT2D eigenvalue weighted by Crippen LogP contribution is -2.33. The van der Waals surface area contributed by atoms with Crippen molar-refractivity contribution in [3.8, 4) is 11.5 Å². The van der Waals surface area contributed by atoms with Crippen molar-refractivity contribution in [1.29, 1.82) is 0 Å². The first-order valence-electron chi connectivity index (χ1n) is 10.8. The maximum atomic E-state index is 13.1. The highest BCUT2D eigenvalue weighted by Gasteiger charge is 2.34. The summed E-state index contributed by atoms with van der Waals surface area (Å²) in [5.41, 5.74) is 1.86. The number of amides is 1. The van der Waals surface area contributed by atoms with Gasteiger partial charge in [-0.1, -0.05) is 30.2 Å². The third kappa shape index (κ3) is 4.73. The van der Waals surface area contributed by atoms with Crippen LogP contribution in [0.15, 0.2) is 42.5 Å². The standard InChI is InChI=1S/C24H29ClN2O3/c1-29-22-10-9-20(17-23(22)30-16-15-26-12-3-2-4-13-26)27-14-11-21(24(27)28)18-5-7-19(25)8-6-18/h5-10,17,21H,2-4,11-16H2,1H3. The molecule has 0 radical (unpaired) electrons. The zero-order valence-electron chi connectivity index (χ0n) is 17.5. The van der Waals surface area contributed by atoms with E-state index in [9.17, 15) is 4.79 Å². The number of carbonyl (C=O) groups is 1. The molecule has 2 aliphatic heterocycles. The lowest BCUT2D eigenvalue weighted by atomic mass is 9.98. The number of carbonyl (C=O) groups excluding carboxylic acids is 1. The number of rotatable bonds is 7. The molecule has 0 aliphatic carbocycles. The molecule has 1 amide bonds.